The van der Waals surface area contributed by atoms with E-state index < -0.39 is 19.6 Å². The fraction of sp³-hybridized carbons (Fsp3) is 0.344. The van der Waals surface area contributed by atoms with Gasteiger partial charge in [0.05, 0.1) is 30.8 Å². The first kappa shape index (κ1) is 29.0. The number of methoxy groups -OCH3 is 1. The van der Waals surface area contributed by atoms with E-state index >= 15 is 4.57 Å². The number of hydrogen-bond acceptors (Lipinski definition) is 3. The number of aryl methyl sites for hydroxylation is 1. The van der Waals surface area contributed by atoms with Gasteiger partial charge in [0, 0.05) is 12.1 Å². The van der Waals surface area contributed by atoms with Gasteiger partial charge < -0.3 is 4.74 Å². The Labute approximate surface area is 233 Å². The van der Waals surface area contributed by atoms with E-state index in [-0.39, 0.29) is 29.7 Å². The molecule has 1 aliphatic heterocycles. The molecule has 0 bridgehead atoms. The minimum Gasteiger partial charge on any atom is -0.466 e. The van der Waals surface area contributed by atoms with E-state index in [1.807, 2.05) is 67.6 Å². The van der Waals surface area contributed by atoms with E-state index in [1.165, 1.54) is 7.11 Å². The second-order valence-corrected chi connectivity index (χ2v) is 13.0. The molecule has 7 heteroatoms. The molecule has 6 nitrogen and oxygen atoms in total. The number of benzene rings is 3. The number of rotatable bonds is 9. The third kappa shape index (κ3) is 5.66. The summed E-state index contributed by atoms with van der Waals surface area (Å²) in [5.74, 6) is -0.537. The largest absolute Gasteiger partial charge is 0.466 e. The Morgan fingerprint density at radius 1 is 0.821 bits per heavy atom. The Balaban J connectivity index is 1.95. The highest BCUT2D eigenvalue weighted by atomic mass is 31.2. The summed E-state index contributed by atoms with van der Waals surface area (Å²) in [5.41, 5.74) is 4.28. The van der Waals surface area contributed by atoms with Crippen LogP contribution in [0.1, 0.15) is 68.1 Å². The average molecular weight is 546 g/mol. The van der Waals surface area contributed by atoms with Crippen molar-refractivity contribution in [1.29, 1.82) is 0 Å². The highest BCUT2D eigenvalue weighted by Crippen LogP contribution is 2.69. The summed E-state index contributed by atoms with van der Waals surface area (Å²) in [6, 6.07) is 27.2. The zero-order chi connectivity index (χ0) is 28.3. The number of hydrogen-bond donors (Lipinski definition) is 1. The van der Waals surface area contributed by atoms with Crippen LogP contribution >= 0.6 is 7.59 Å². The predicted octanol–water partition coefficient (Wildman–Crippen LogP) is 7.38. The minimum atomic E-state index is -3.54. The summed E-state index contributed by atoms with van der Waals surface area (Å²) in [6.45, 7) is 14.4. The van der Waals surface area contributed by atoms with Crippen molar-refractivity contribution in [2.24, 2.45) is 0 Å². The van der Waals surface area contributed by atoms with Crippen LogP contribution in [0.2, 0.25) is 0 Å². The lowest BCUT2D eigenvalue weighted by Gasteiger charge is -2.39. The van der Waals surface area contributed by atoms with Crippen LogP contribution in [0.4, 0.5) is 0 Å². The molecule has 3 aromatic carbocycles. The summed E-state index contributed by atoms with van der Waals surface area (Å²) in [4.78, 5) is 12.8. The molecule has 4 rings (SSSR count). The van der Waals surface area contributed by atoms with Gasteiger partial charge in [-0.2, -0.15) is 0 Å². The fourth-order valence-corrected chi connectivity index (χ4v) is 9.24. The van der Waals surface area contributed by atoms with Gasteiger partial charge in [0.2, 0.25) is 0 Å². The van der Waals surface area contributed by atoms with Crippen molar-refractivity contribution in [3.8, 4) is 0 Å². The van der Waals surface area contributed by atoms with Crippen LogP contribution in [0, 0.1) is 6.92 Å². The first-order valence-electron chi connectivity index (χ1n) is 13.5. The first-order chi connectivity index (χ1) is 18.6. The van der Waals surface area contributed by atoms with Crippen LogP contribution in [-0.4, -0.2) is 34.5 Å². The van der Waals surface area contributed by atoms with Gasteiger partial charge in [-0.1, -0.05) is 97.1 Å². The van der Waals surface area contributed by atoms with Crippen molar-refractivity contribution >= 4 is 13.6 Å². The fourth-order valence-electron chi connectivity index (χ4n) is 5.65. The lowest BCUT2D eigenvalue weighted by molar-refractivity contribution is -0.136. The smallest absolute Gasteiger partial charge is 0.335 e. The molecule has 0 aliphatic carbocycles. The Morgan fingerprint density at radius 2 is 1.26 bits per heavy atom. The van der Waals surface area contributed by atoms with Gasteiger partial charge in [-0.25, -0.2) is 19.2 Å². The summed E-state index contributed by atoms with van der Waals surface area (Å²) in [7, 11) is -2.19. The number of ether oxygens (including phenoxy) is 1. The van der Waals surface area contributed by atoms with Gasteiger partial charge in [-0.05, 0) is 51.3 Å². The number of carbonyl (C=O) groups is 1. The van der Waals surface area contributed by atoms with E-state index in [2.05, 4.69) is 73.0 Å². The standard InChI is InChI=1S/C32H40N3O3P/c1-22(2)34-30(27-14-10-8-11-15-27)31(28-16-12-9-13-17-28)35(23(3)4)39(34,37)33-29(25(6)32(36)38-7)26-20-18-24(5)19-21-26/h8-23,29-31H,6H2,1-5,7H3,(H,33,37)/t29-,30-,31-/m1/s1. The third-order valence-corrected chi connectivity index (χ3v) is 10.6. The summed E-state index contributed by atoms with van der Waals surface area (Å²) < 4.78 is 25.0. The van der Waals surface area contributed by atoms with Crippen LogP contribution in [-0.2, 0) is 14.1 Å². The molecule has 0 saturated carbocycles. The number of nitrogens with zero attached hydrogens (tertiary/aromatic N) is 2. The van der Waals surface area contributed by atoms with E-state index in [9.17, 15) is 4.79 Å². The van der Waals surface area contributed by atoms with Gasteiger partial charge >= 0.3 is 5.97 Å². The SMILES string of the molecule is C=C(C(=O)OC)[C@@H](NP1(=O)N(C(C)C)[C@H](c2ccccc2)[C@@H](c2ccccc2)N1C(C)C)c1ccc(C)cc1. The molecular weight excluding hydrogens is 505 g/mol. The molecule has 0 radical (unpaired) electrons. The second kappa shape index (κ2) is 12.0. The van der Waals surface area contributed by atoms with Crippen LogP contribution in [0.3, 0.4) is 0 Å². The van der Waals surface area contributed by atoms with Crippen molar-refractivity contribution < 1.29 is 14.1 Å². The van der Waals surface area contributed by atoms with Crippen LogP contribution in [0.15, 0.2) is 97.1 Å². The Hall–Kier alpha value is -3.02. The highest BCUT2D eigenvalue weighted by molar-refractivity contribution is 7.57. The molecule has 1 heterocycles. The summed E-state index contributed by atoms with van der Waals surface area (Å²) in [5, 5.41) is 3.51. The first-order valence-corrected chi connectivity index (χ1v) is 15.1. The normalized spacial score (nSPS) is 20.3. The molecule has 206 valence electrons. The topological polar surface area (TPSA) is 61.9 Å². The van der Waals surface area contributed by atoms with Crippen molar-refractivity contribution in [2.75, 3.05) is 7.11 Å². The van der Waals surface area contributed by atoms with E-state index in [1.54, 1.807) is 0 Å². The molecule has 0 unspecified atom stereocenters. The van der Waals surface area contributed by atoms with Crippen molar-refractivity contribution in [2.45, 2.75) is 64.8 Å². The van der Waals surface area contributed by atoms with Crippen molar-refractivity contribution in [3.05, 3.63) is 119 Å². The minimum absolute atomic E-state index is 0.0754. The summed E-state index contributed by atoms with van der Waals surface area (Å²) in [6.07, 6.45) is 0. The second-order valence-electron chi connectivity index (χ2n) is 10.7. The van der Waals surface area contributed by atoms with E-state index in [4.69, 9.17) is 4.74 Å². The maximum atomic E-state index is 15.7. The summed E-state index contributed by atoms with van der Waals surface area (Å²) >= 11 is 0. The third-order valence-electron chi connectivity index (χ3n) is 7.34. The molecule has 1 fully saturated rings. The molecule has 3 aromatic rings. The zero-order valence-corrected chi connectivity index (χ0v) is 24.6. The van der Waals surface area contributed by atoms with Gasteiger partial charge in [0.15, 0.2) is 0 Å². The van der Waals surface area contributed by atoms with Crippen LogP contribution in [0.25, 0.3) is 0 Å². The molecule has 1 saturated heterocycles. The maximum Gasteiger partial charge on any atom is 0.335 e. The Bertz CT molecular complexity index is 1260. The number of carbonyl (C=O) groups excluding carboxylic acids is 1. The van der Waals surface area contributed by atoms with E-state index in [0.29, 0.717) is 0 Å². The molecule has 3 atom stereocenters. The van der Waals surface area contributed by atoms with E-state index in [0.717, 1.165) is 22.3 Å². The van der Waals surface area contributed by atoms with Gasteiger partial charge in [-0.15, -0.1) is 0 Å². The quantitative estimate of drug-likeness (QED) is 0.172. The maximum absolute atomic E-state index is 15.7. The Kier molecular flexibility index (Phi) is 8.93. The molecule has 39 heavy (non-hydrogen) atoms. The van der Waals surface area contributed by atoms with Gasteiger partial charge in [0.25, 0.3) is 7.59 Å². The Morgan fingerprint density at radius 3 is 1.64 bits per heavy atom. The number of esters is 1. The molecule has 0 aromatic heterocycles. The zero-order valence-electron chi connectivity index (χ0n) is 23.7. The highest BCUT2D eigenvalue weighted by Gasteiger charge is 2.58. The van der Waals surface area contributed by atoms with Crippen molar-refractivity contribution in [1.82, 2.24) is 14.4 Å². The van der Waals surface area contributed by atoms with Crippen LogP contribution in [0.5, 0.6) is 0 Å². The predicted molar refractivity (Wildman–Crippen MR) is 158 cm³/mol. The molecule has 1 aliphatic rings. The van der Waals surface area contributed by atoms with Crippen LogP contribution < -0.4 is 5.09 Å². The van der Waals surface area contributed by atoms with Gasteiger partial charge in [0.1, 0.15) is 0 Å². The van der Waals surface area contributed by atoms with Gasteiger partial charge in [-0.3, -0.25) is 4.57 Å². The molecular formula is C32H40N3O3P. The monoisotopic (exact) mass is 545 g/mol. The number of nitrogens with one attached hydrogen (secondary N) is 1. The molecule has 1 N–H and O–H groups in total. The lowest BCUT2D eigenvalue weighted by Crippen LogP contribution is -2.39. The molecule has 0 spiro atoms. The lowest BCUT2D eigenvalue weighted by atomic mass is 9.92. The van der Waals surface area contributed by atoms with Crippen molar-refractivity contribution in [3.63, 3.8) is 0 Å². The molecule has 0 amide bonds. The average Bonchev–Trinajstić information content (AvgIpc) is 3.22.